The first kappa shape index (κ1) is 7.16. The molecule has 3 nitrogen and oxygen atoms in total. The summed E-state index contributed by atoms with van der Waals surface area (Å²) in [5.41, 5.74) is 0.556. The van der Waals surface area contributed by atoms with Gasteiger partial charge in [-0.15, -0.1) is 0 Å². The summed E-state index contributed by atoms with van der Waals surface area (Å²) < 4.78 is 5.19. The number of hydrogen-bond donors (Lipinski definition) is 1. The predicted molar refractivity (Wildman–Crippen MR) is 42.5 cm³/mol. The summed E-state index contributed by atoms with van der Waals surface area (Å²) in [6.07, 6.45) is -0.415. The molecule has 0 saturated heterocycles. The maximum Gasteiger partial charge on any atom is 0.206 e. The molecule has 1 aromatic carbocycles. The zero-order chi connectivity index (χ0) is 8.72. The molecular weight excluding hydrogens is 156 g/mol. The molecule has 0 amide bonds. The molecule has 0 fully saturated rings. The minimum absolute atomic E-state index is 0.0231. The lowest BCUT2D eigenvalue weighted by Gasteiger charge is -1.99. The highest BCUT2D eigenvalue weighted by atomic mass is 16.5. The van der Waals surface area contributed by atoms with Gasteiger partial charge in [0.15, 0.2) is 6.10 Å². The molecule has 0 bridgehead atoms. The second kappa shape index (κ2) is 2.24. The van der Waals surface area contributed by atoms with Crippen molar-refractivity contribution in [3.63, 3.8) is 0 Å². The molecule has 62 valence electrons. The summed E-state index contributed by atoms with van der Waals surface area (Å²) >= 11 is 0. The van der Waals surface area contributed by atoms with Gasteiger partial charge in [0.1, 0.15) is 11.5 Å². The van der Waals surface area contributed by atoms with Gasteiger partial charge < -0.3 is 9.84 Å². The third-order valence-corrected chi connectivity index (χ3v) is 1.90. The maximum absolute atomic E-state index is 11.3. The molecule has 1 aliphatic rings. The van der Waals surface area contributed by atoms with Gasteiger partial charge in [0.2, 0.25) is 5.78 Å². The van der Waals surface area contributed by atoms with Crippen LogP contribution in [0.15, 0.2) is 18.2 Å². The number of carbonyl (C=O) groups is 1. The predicted octanol–water partition coefficient (Wildman–Crippen LogP) is 1.36. The molecule has 1 aromatic rings. The van der Waals surface area contributed by atoms with E-state index in [0.29, 0.717) is 11.3 Å². The van der Waals surface area contributed by atoms with Crippen molar-refractivity contribution in [2.75, 3.05) is 0 Å². The van der Waals surface area contributed by atoms with E-state index in [-0.39, 0.29) is 11.5 Å². The number of phenolic OH excluding ortho intramolecular Hbond substituents is 1. The molecule has 1 heterocycles. The Morgan fingerprint density at radius 2 is 2.25 bits per heavy atom. The molecule has 1 atom stereocenters. The van der Waals surface area contributed by atoms with Crippen LogP contribution >= 0.6 is 0 Å². The van der Waals surface area contributed by atoms with Crippen LogP contribution in [0.4, 0.5) is 0 Å². The van der Waals surface area contributed by atoms with E-state index in [1.807, 2.05) is 0 Å². The quantitative estimate of drug-likeness (QED) is 0.629. The van der Waals surface area contributed by atoms with E-state index >= 15 is 0 Å². The normalized spacial score (nSPS) is 20.4. The fourth-order valence-electron chi connectivity index (χ4n) is 1.28. The van der Waals surface area contributed by atoms with Crippen LogP contribution in [0, 0.1) is 0 Å². The Morgan fingerprint density at radius 3 is 3.00 bits per heavy atom. The minimum Gasteiger partial charge on any atom is -0.508 e. The van der Waals surface area contributed by atoms with Gasteiger partial charge in [-0.1, -0.05) is 0 Å². The van der Waals surface area contributed by atoms with Crippen molar-refractivity contribution in [1.82, 2.24) is 0 Å². The van der Waals surface area contributed by atoms with Crippen molar-refractivity contribution in [1.29, 1.82) is 0 Å². The first-order valence-corrected chi connectivity index (χ1v) is 3.72. The molecule has 3 heteroatoms. The maximum atomic E-state index is 11.3. The number of rotatable bonds is 0. The van der Waals surface area contributed by atoms with Gasteiger partial charge in [-0.25, -0.2) is 0 Å². The molecule has 1 unspecified atom stereocenters. The SMILES string of the molecule is CC1Oc2cc(O)ccc2C1=O. The van der Waals surface area contributed by atoms with Gasteiger partial charge in [0, 0.05) is 6.07 Å². The lowest BCUT2D eigenvalue weighted by Crippen LogP contribution is -2.14. The van der Waals surface area contributed by atoms with Crippen molar-refractivity contribution < 1.29 is 14.6 Å². The van der Waals surface area contributed by atoms with Crippen molar-refractivity contribution in [3.8, 4) is 11.5 Å². The Morgan fingerprint density at radius 1 is 1.50 bits per heavy atom. The Labute approximate surface area is 69.6 Å². The fraction of sp³-hybridized carbons (Fsp3) is 0.222. The second-order valence-electron chi connectivity index (χ2n) is 2.80. The van der Waals surface area contributed by atoms with Crippen molar-refractivity contribution in [2.24, 2.45) is 0 Å². The first-order valence-electron chi connectivity index (χ1n) is 3.72. The van der Waals surface area contributed by atoms with Crippen molar-refractivity contribution >= 4 is 5.78 Å². The fourth-order valence-corrected chi connectivity index (χ4v) is 1.28. The summed E-state index contributed by atoms with van der Waals surface area (Å²) in [5.74, 6) is 0.577. The number of Topliss-reactive ketones (excluding diaryl/α,β-unsaturated/α-hetero) is 1. The van der Waals surface area contributed by atoms with Gasteiger partial charge in [0.05, 0.1) is 5.56 Å². The third-order valence-electron chi connectivity index (χ3n) is 1.90. The summed E-state index contributed by atoms with van der Waals surface area (Å²) in [6.45, 7) is 1.69. The Balaban J connectivity index is 2.54. The summed E-state index contributed by atoms with van der Waals surface area (Å²) in [4.78, 5) is 11.3. The average molecular weight is 164 g/mol. The first-order chi connectivity index (χ1) is 5.68. The lowest BCUT2D eigenvalue weighted by atomic mass is 10.1. The van der Waals surface area contributed by atoms with Gasteiger partial charge in [-0.3, -0.25) is 4.79 Å². The van der Waals surface area contributed by atoms with Gasteiger partial charge in [-0.2, -0.15) is 0 Å². The highest BCUT2D eigenvalue weighted by molar-refractivity contribution is 6.04. The number of benzene rings is 1. The smallest absolute Gasteiger partial charge is 0.206 e. The van der Waals surface area contributed by atoms with E-state index in [0.717, 1.165) is 0 Å². The molecular formula is C9H8O3. The molecule has 0 saturated carbocycles. The largest absolute Gasteiger partial charge is 0.508 e. The zero-order valence-electron chi connectivity index (χ0n) is 6.57. The topological polar surface area (TPSA) is 46.5 Å². The van der Waals surface area contributed by atoms with Crippen LogP contribution in [0.1, 0.15) is 17.3 Å². The summed E-state index contributed by atoms with van der Waals surface area (Å²) in [5, 5.41) is 9.08. The van der Waals surface area contributed by atoms with E-state index < -0.39 is 6.10 Å². The number of ether oxygens (including phenoxy) is 1. The molecule has 0 radical (unpaired) electrons. The Hall–Kier alpha value is -1.51. The number of hydrogen-bond acceptors (Lipinski definition) is 3. The summed E-state index contributed by atoms with van der Waals surface area (Å²) in [7, 11) is 0. The number of ketones is 1. The minimum atomic E-state index is -0.415. The third kappa shape index (κ3) is 0.863. The van der Waals surface area contributed by atoms with E-state index in [4.69, 9.17) is 9.84 Å². The molecule has 1 aliphatic heterocycles. The standard InChI is InChI=1S/C9H8O3/c1-5-9(11)7-3-2-6(10)4-8(7)12-5/h2-5,10H,1H3. The molecule has 12 heavy (non-hydrogen) atoms. The van der Waals surface area contributed by atoms with Gasteiger partial charge in [0.25, 0.3) is 0 Å². The molecule has 0 aromatic heterocycles. The molecule has 0 aliphatic carbocycles. The van der Waals surface area contributed by atoms with Crippen molar-refractivity contribution in [2.45, 2.75) is 13.0 Å². The lowest BCUT2D eigenvalue weighted by molar-refractivity contribution is 0.0878. The van der Waals surface area contributed by atoms with E-state index in [2.05, 4.69) is 0 Å². The number of aromatic hydroxyl groups is 1. The number of fused-ring (bicyclic) bond motifs is 1. The van der Waals surface area contributed by atoms with Crippen LogP contribution < -0.4 is 4.74 Å². The van der Waals surface area contributed by atoms with E-state index in [1.54, 1.807) is 13.0 Å². The van der Waals surface area contributed by atoms with Crippen LogP contribution in [0.3, 0.4) is 0 Å². The average Bonchev–Trinajstić information content (AvgIpc) is 2.28. The monoisotopic (exact) mass is 164 g/mol. The molecule has 0 spiro atoms. The Bertz CT molecular complexity index is 344. The zero-order valence-corrected chi connectivity index (χ0v) is 6.57. The van der Waals surface area contributed by atoms with Crippen LogP contribution in [0.2, 0.25) is 0 Å². The van der Waals surface area contributed by atoms with E-state index in [9.17, 15) is 4.79 Å². The van der Waals surface area contributed by atoms with Crippen LogP contribution in [-0.4, -0.2) is 17.0 Å². The van der Waals surface area contributed by atoms with Gasteiger partial charge >= 0.3 is 0 Å². The van der Waals surface area contributed by atoms with Crippen LogP contribution in [0.25, 0.3) is 0 Å². The molecule has 2 rings (SSSR count). The van der Waals surface area contributed by atoms with Crippen LogP contribution in [0.5, 0.6) is 11.5 Å². The highest BCUT2D eigenvalue weighted by Crippen LogP contribution is 2.31. The second-order valence-corrected chi connectivity index (χ2v) is 2.80. The van der Waals surface area contributed by atoms with Crippen LogP contribution in [-0.2, 0) is 0 Å². The molecule has 1 N–H and O–H groups in total. The van der Waals surface area contributed by atoms with Crippen molar-refractivity contribution in [3.05, 3.63) is 23.8 Å². The number of carbonyl (C=O) groups excluding carboxylic acids is 1. The van der Waals surface area contributed by atoms with E-state index in [1.165, 1.54) is 12.1 Å². The number of phenols is 1. The van der Waals surface area contributed by atoms with Gasteiger partial charge in [-0.05, 0) is 19.1 Å². The highest BCUT2D eigenvalue weighted by Gasteiger charge is 2.28. The summed E-state index contributed by atoms with van der Waals surface area (Å²) in [6, 6.07) is 4.52. The Kier molecular flexibility index (Phi) is 1.33.